The highest BCUT2D eigenvalue weighted by molar-refractivity contribution is 5.70. The van der Waals surface area contributed by atoms with Crippen LogP contribution in [-0.2, 0) is 9.53 Å². The van der Waals surface area contributed by atoms with Gasteiger partial charge in [0.1, 0.15) is 0 Å². The van der Waals surface area contributed by atoms with Crippen LogP contribution >= 0.6 is 0 Å². The summed E-state index contributed by atoms with van der Waals surface area (Å²) in [5.41, 5.74) is -0.357. The minimum atomic E-state index is -0.865. The van der Waals surface area contributed by atoms with Gasteiger partial charge >= 0.3 is 5.97 Å². The van der Waals surface area contributed by atoms with Crippen molar-refractivity contribution in [3.05, 3.63) is 0 Å². The first-order chi connectivity index (χ1) is 7.14. The van der Waals surface area contributed by atoms with E-state index in [1.54, 1.807) is 0 Å². The zero-order valence-electron chi connectivity index (χ0n) is 10.9. The van der Waals surface area contributed by atoms with E-state index in [0.29, 0.717) is 0 Å². The van der Waals surface area contributed by atoms with Crippen LogP contribution in [0.5, 0.6) is 0 Å². The number of ether oxygens (including phenoxy) is 1. The van der Waals surface area contributed by atoms with Crippen molar-refractivity contribution in [1.29, 1.82) is 0 Å². The van der Waals surface area contributed by atoms with E-state index in [0.717, 1.165) is 0 Å². The zero-order chi connectivity index (χ0) is 12.9. The molecule has 0 aromatic heterocycles. The fourth-order valence-electron chi connectivity index (χ4n) is 1.47. The summed E-state index contributed by atoms with van der Waals surface area (Å²) in [6, 6.07) is 0. The Morgan fingerprint density at radius 1 is 1.31 bits per heavy atom. The summed E-state index contributed by atoms with van der Waals surface area (Å²) in [7, 11) is 0. The minimum absolute atomic E-state index is 0.0487. The molecule has 0 saturated heterocycles. The Morgan fingerprint density at radius 2 is 1.81 bits per heavy atom. The Balaban J connectivity index is 4.25. The van der Waals surface area contributed by atoms with Crippen molar-refractivity contribution >= 4 is 5.97 Å². The van der Waals surface area contributed by atoms with Crippen LogP contribution in [0.2, 0.25) is 0 Å². The third-order valence-corrected chi connectivity index (χ3v) is 2.47. The largest absolute Gasteiger partial charge is 0.481 e. The highest BCUT2D eigenvalue weighted by atomic mass is 16.5. The predicted molar refractivity (Wildman–Crippen MR) is 62.3 cm³/mol. The molecule has 0 heterocycles. The average Bonchev–Trinajstić information content (AvgIpc) is 2.08. The fourth-order valence-corrected chi connectivity index (χ4v) is 1.47. The Bertz CT molecular complexity index is 218. The third kappa shape index (κ3) is 6.08. The van der Waals surface area contributed by atoms with E-state index < -0.39 is 18.0 Å². The van der Waals surface area contributed by atoms with Gasteiger partial charge in [-0.1, -0.05) is 20.8 Å². The lowest BCUT2D eigenvalue weighted by Crippen LogP contribution is -2.33. The monoisotopic (exact) mass is 232 g/mol. The summed E-state index contributed by atoms with van der Waals surface area (Å²) in [6.07, 6.45) is -0.443. The molecule has 2 N–H and O–H groups in total. The van der Waals surface area contributed by atoms with Crippen LogP contribution in [0.4, 0.5) is 0 Å². The number of aliphatic carboxylic acids is 1. The molecule has 0 radical (unpaired) electrons. The molecular weight excluding hydrogens is 208 g/mol. The van der Waals surface area contributed by atoms with E-state index in [9.17, 15) is 9.90 Å². The quantitative estimate of drug-likeness (QED) is 0.734. The smallest absolute Gasteiger partial charge is 0.307 e. The van der Waals surface area contributed by atoms with Crippen LogP contribution in [0.3, 0.4) is 0 Å². The molecule has 0 aliphatic heterocycles. The maximum atomic E-state index is 11.1. The standard InChI is InChI=1S/C12H24O4/c1-8(2)16-7-9(13)6-10(11(14)15)12(3,4)5/h8-10,13H,6-7H2,1-5H3,(H,14,15). The zero-order valence-corrected chi connectivity index (χ0v) is 10.9. The summed E-state index contributed by atoms with van der Waals surface area (Å²) >= 11 is 0. The summed E-state index contributed by atoms with van der Waals surface area (Å²) in [5, 5.41) is 18.8. The number of hydrogen-bond acceptors (Lipinski definition) is 3. The second kappa shape index (κ2) is 6.21. The number of rotatable bonds is 6. The van der Waals surface area contributed by atoms with Crippen molar-refractivity contribution in [3.63, 3.8) is 0 Å². The second-order valence-electron chi connectivity index (χ2n) is 5.53. The molecule has 4 nitrogen and oxygen atoms in total. The summed E-state index contributed by atoms with van der Waals surface area (Å²) in [5.74, 6) is -1.42. The lowest BCUT2D eigenvalue weighted by atomic mass is 9.77. The van der Waals surface area contributed by atoms with E-state index in [1.807, 2.05) is 34.6 Å². The van der Waals surface area contributed by atoms with E-state index in [-0.39, 0.29) is 24.5 Å². The van der Waals surface area contributed by atoms with Gasteiger partial charge in [-0.15, -0.1) is 0 Å². The molecular formula is C12H24O4. The Labute approximate surface area is 97.6 Å². The topological polar surface area (TPSA) is 66.8 Å². The lowest BCUT2D eigenvalue weighted by Gasteiger charge is -2.28. The summed E-state index contributed by atoms with van der Waals surface area (Å²) in [4.78, 5) is 11.1. The Hall–Kier alpha value is -0.610. The first-order valence-electron chi connectivity index (χ1n) is 5.67. The molecule has 0 aromatic carbocycles. The average molecular weight is 232 g/mol. The van der Waals surface area contributed by atoms with E-state index >= 15 is 0 Å². The van der Waals surface area contributed by atoms with Crippen LogP contribution in [0.15, 0.2) is 0 Å². The van der Waals surface area contributed by atoms with Crippen molar-refractivity contribution in [2.24, 2.45) is 11.3 Å². The number of hydrogen-bond donors (Lipinski definition) is 2. The molecule has 2 atom stereocenters. The van der Waals surface area contributed by atoms with Gasteiger partial charge in [-0.2, -0.15) is 0 Å². The van der Waals surface area contributed by atoms with Crippen LogP contribution in [0.25, 0.3) is 0 Å². The Morgan fingerprint density at radius 3 is 2.12 bits per heavy atom. The number of aliphatic hydroxyl groups excluding tert-OH is 1. The molecule has 4 heteroatoms. The SMILES string of the molecule is CC(C)OCC(O)CC(C(=O)O)C(C)(C)C. The number of carboxylic acid groups (broad SMARTS) is 1. The van der Waals surface area contributed by atoms with Gasteiger partial charge in [-0.3, -0.25) is 4.79 Å². The van der Waals surface area contributed by atoms with Gasteiger partial charge < -0.3 is 14.9 Å². The van der Waals surface area contributed by atoms with E-state index in [1.165, 1.54) is 0 Å². The molecule has 0 rings (SSSR count). The first kappa shape index (κ1) is 15.4. The highest BCUT2D eigenvalue weighted by Gasteiger charge is 2.32. The normalized spacial score (nSPS) is 16.2. The first-order valence-corrected chi connectivity index (χ1v) is 5.67. The molecule has 0 saturated carbocycles. The maximum Gasteiger partial charge on any atom is 0.307 e. The van der Waals surface area contributed by atoms with Crippen molar-refractivity contribution in [3.8, 4) is 0 Å². The van der Waals surface area contributed by atoms with Gasteiger partial charge in [0, 0.05) is 0 Å². The summed E-state index contributed by atoms with van der Waals surface area (Å²) in [6.45, 7) is 9.54. The van der Waals surface area contributed by atoms with Crippen molar-refractivity contribution in [2.45, 2.75) is 53.2 Å². The molecule has 0 amide bonds. The van der Waals surface area contributed by atoms with Gasteiger partial charge in [0.15, 0.2) is 0 Å². The second-order valence-corrected chi connectivity index (χ2v) is 5.53. The van der Waals surface area contributed by atoms with E-state index in [2.05, 4.69) is 0 Å². The number of carbonyl (C=O) groups is 1. The van der Waals surface area contributed by atoms with Crippen LogP contribution in [0, 0.1) is 11.3 Å². The van der Waals surface area contributed by atoms with E-state index in [4.69, 9.17) is 9.84 Å². The molecule has 0 bridgehead atoms. The predicted octanol–water partition coefficient (Wildman–Crippen LogP) is 1.91. The molecule has 0 spiro atoms. The maximum absolute atomic E-state index is 11.1. The van der Waals surface area contributed by atoms with Gasteiger partial charge in [-0.25, -0.2) is 0 Å². The molecule has 0 fully saturated rings. The molecule has 0 aliphatic carbocycles. The van der Waals surface area contributed by atoms with Gasteiger partial charge in [0.2, 0.25) is 0 Å². The molecule has 0 aromatic rings. The summed E-state index contributed by atoms with van der Waals surface area (Å²) < 4.78 is 5.25. The van der Waals surface area contributed by atoms with Crippen LogP contribution in [0.1, 0.15) is 41.0 Å². The molecule has 16 heavy (non-hydrogen) atoms. The number of carboxylic acids is 1. The molecule has 96 valence electrons. The van der Waals surface area contributed by atoms with Crippen molar-refractivity contribution in [1.82, 2.24) is 0 Å². The minimum Gasteiger partial charge on any atom is -0.481 e. The van der Waals surface area contributed by atoms with Crippen molar-refractivity contribution < 1.29 is 19.7 Å². The van der Waals surface area contributed by atoms with Crippen molar-refractivity contribution in [2.75, 3.05) is 6.61 Å². The Kier molecular flexibility index (Phi) is 5.97. The number of aliphatic hydroxyl groups is 1. The fraction of sp³-hybridized carbons (Fsp3) is 0.917. The third-order valence-electron chi connectivity index (χ3n) is 2.47. The van der Waals surface area contributed by atoms with Crippen LogP contribution in [-0.4, -0.2) is 35.0 Å². The van der Waals surface area contributed by atoms with Crippen LogP contribution < -0.4 is 0 Å². The van der Waals surface area contributed by atoms with Gasteiger partial charge in [-0.05, 0) is 25.7 Å². The van der Waals surface area contributed by atoms with Gasteiger partial charge in [0.25, 0.3) is 0 Å². The lowest BCUT2D eigenvalue weighted by molar-refractivity contribution is -0.147. The molecule has 2 unspecified atom stereocenters. The highest BCUT2D eigenvalue weighted by Crippen LogP contribution is 2.30. The molecule has 0 aliphatic rings. The van der Waals surface area contributed by atoms with Gasteiger partial charge in [0.05, 0.1) is 24.7 Å².